The lowest BCUT2D eigenvalue weighted by Gasteiger charge is -2.39. The number of fused-ring (bicyclic) bond motifs is 1. The van der Waals surface area contributed by atoms with Crippen molar-refractivity contribution >= 4 is 5.52 Å². The second-order valence-electron chi connectivity index (χ2n) is 7.67. The van der Waals surface area contributed by atoms with Gasteiger partial charge in [0, 0.05) is 62.7 Å². The highest BCUT2D eigenvalue weighted by Gasteiger charge is 2.28. The Balaban J connectivity index is 1.41. The molecule has 4 aromatic rings. The van der Waals surface area contributed by atoms with E-state index in [1.54, 1.807) is 6.20 Å². The predicted octanol–water partition coefficient (Wildman–Crippen LogP) is 3.28. The molecule has 1 saturated heterocycles. The molecule has 1 atom stereocenters. The maximum atomic E-state index is 4.81. The summed E-state index contributed by atoms with van der Waals surface area (Å²) in [6.45, 7) is 4.01. The fourth-order valence-corrected chi connectivity index (χ4v) is 4.10. The highest BCUT2D eigenvalue weighted by Crippen LogP contribution is 2.28. The van der Waals surface area contributed by atoms with Crippen LogP contribution in [0, 0.1) is 0 Å². The Hall–Kier alpha value is -3.09. The second kappa shape index (κ2) is 7.73. The molecule has 5 heterocycles. The van der Waals surface area contributed by atoms with E-state index < -0.39 is 0 Å². The SMILES string of the molecule is CN1CCN(Cc2ccncc2)C[C@@H]1c1ncn2cc(-c3cccnc3)ccc12. The van der Waals surface area contributed by atoms with Crippen LogP contribution in [-0.2, 0) is 6.54 Å². The molecule has 0 saturated carbocycles. The fourth-order valence-electron chi connectivity index (χ4n) is 4.10. The average Bonchev–Trinajstić information content (AvgIpc) is 3.19. The number of nitrogens with zero attached hydrogens (tertiary/aromatic N) is 6. The quantitative estimate of drug-likeness (QED) is 0.540. The van der Waals surface area contributed by atoms with Crippen LogP contribution < -0.4 is 0 Å². The summed E-state index contributed by atoms with van der Waals surface area (Å²) in [5.74, 6) is 0. The summed E-state index contributed by atoms with van der Waals surface area (Å²) >= 11 is 0. The first-order valence-electron chi connectivity index (χ1n) is 9.96. The van der Waals surface area contributed by atoms with E-state index in [0.29, 0.717) is 0 Å². The topological polar surface area (TPSA) is 49.6 Å². The van der Waals surface area contributed by atoms with Crippen LogP contribution in [0.25, 0.3) is 16.6 Å². The largest absolute Gasteiger partial charge is 0.305 e. The van der Waals surface area contributed by atoms with Gasteiger partial charge in [0.15, 0.2) is 0 Å². The van der Waals surface area contributed by atoms with Crippen LogP contribution in [0.15, 0.2) is 73.7 Å². The van der Waals surface area contributed by atoms with Crippen LogP contribution >= 0.6 is 0 Å². The van der Waals surface area contributed by atoms with Crippen LogP contribution in [0.3, 0.4) is 0 Å². The van der Waals surface area contributed by atoms with Crippen LogP contribution in [0.4, 0.5) is 0 Å². The van der Waals surface area contributed by atoms with Crippen LogP contribution in [0.5, 0.6) is 0 Å². The Kier molecular flexibility index (Phi) is 4.79. The van der Waals surface area contributed by atoms with Crippen molar-refractivity contribution in [1.29, 1.82) is 0 Å². The van der Waals surface area contributed by atoms with Gasteiger partial charge in [0.05, 0.1) is 23.6 Å². The van der Waals surface area contributed by atoms with E-state index in [2.05, 4.69) is 67.7 Å². The third-order valence-corrected chi connectivity index (χ3v) is 5.76. The molecule has 0 aromatic carbocycles. The smallest absolute Gasteiger partial charge is 0.0996 e. The Morgan fingerprint density at radius 1 is 0.966 bits per heavy atom. The van der Waals surface area contributed by atoms with Crippen molar-refractivity contribution < 1.29 is 0 Å². The van der Waals surface area contributed by atoms with Crippen molar-refractivity contribution in [1.82, 2.24) is 29.2 Å². The fraction of sp³-hybridized carbons (Fsp3) is 0.261. The number of hydrogen-bond donors (Lipinski definition) is 0. The summed E-state index contributed by atoms with van der Waals surface area (Å²) in [6, 6.07) is 12.9. The molecule has 4 aromatic heterocycles. The van der Waals surface area contributed by atoms with Crippen molar-refractivity contribution in [2.24, 2.45) is 0 Å². The summed E-state index contributed by atoms with van der Waals surface area (Å²) in [7, 11) is 2.20. The van der Waals surface area contributed by atoms with Gasteiger partial charge in [-0.05, 0) is 42.4 Å². The summed E-state index contributed by atoms with van der Waals surface area (Å²) < 4.78 is 2.13. The van der Waals surface area contributed by atoms with E-state index in [0.717, 1.165) is 43.0 Å². The Morgan fingerprint density at radius 2 is 1.86 bits per heavy atom. The van der Waals surface area contributed by atoms with Crippen molar-refractivity contribution in [3.05, 3.63) is 85.0 Å². The zero-order valence-corrected chi connectivity index (χ0v) is 16.5. The van der Waals surface area contributed by atoms with Crippen molar-refractivity contribution in [3.8, 4) is 11.1 Å². The molecule has 1 fully saturated rings. The molecule has 0 aliphatic carbocycles. The van der Waals surface area contributed by atoms with E-state index in [9.17, 15) is 0 Å². The molecule has 6 nitrogen and oxygen atoms in total. The predicted molar refractivity (Wildman–Crippen MR) is 113 cm³/mol. The highest BCUT2D eigenvalue weighted by molar-refractivity contribution is 5.66. The lowest BCUT2D eigenvalue weighted by molar-refractivity contribution is 0.0892. The van der Waals surface area contributed by atoms with Crippen molar-refractivity contribution in [3.63, 3.8) is 0 Å². The molecule has 6 heteroatoms. The van der Waals surface area contributed by atoms with Crippen molar-refractivity contribution in [2.45, 2.75) is 12.6 Å². The van der Waals surface area contributed by atoms with E-state index in [1.165, 1.54) is 11.1 Å². The maximum Gasteiger partial charge on any atom is 0.0996 e. The average molecular weight is 384 g/mol. The standard InChI is InChI=1S/C23H24N6/c1-27-11-12-28(14-18-6-9-24-10-7-18)16-22(27)23-21-5-4-20(15-29(21)17-26-23)19-3-2-8-25-13-19/h2-10,13,15,17,22H,11-12,14,16H2,1H3/t22-/m1/s1. The minimum absolute atomic E-state index is 0.278. The zero-order valence-electron chi connectivity index (χ0n) is 16.5. The lowest BCUT2D eigenvalue weighted by Crippen LogP contribution is -2.46. The van der Waals surface area contributed by atoms with Gasteiger partial charge in [0.25, 0.3) is 0 Å². The summed E-state index contributed by atoms with van der Waals surface area (Å²) in [5.41, 5.74) is 5.87. The van der Waals surface area contributed by atoms with Gasteiger partial charge in [-0.1, -0.05) is 12.1 Å². The van der Waals surface area contributed by atoms with E-state index in [1.807, 2.05) is 31.0 Å². The molecule has 0 unspecified atom stereocenters. The monoisotopic (exact) mass is 384 g/mol. The third kappa shape index (κ3) is 3.64. The molecule has 0 bridgehead atoms. The minimum atomic E-state index is 0.278. The van der Waals surface area contributed by atoms with Crippen molar-refractivity contribution in [2.75, 3.05) is 26.7 Å². The maximum absolute atomic E-state index is 4.81. The molecule has 1 aliphatic heterocycles. The first-order valence-corrected chi connectivity index (χ1v) is 9.96. The number of piperazine rings is 1. The number of imidazole rings is 1. The number of aromatic nitrogens is 4. The van der Waals surface area contributed by atoms with Gasteiger partial charge in [0.2, 0.25) is 0 Å². The number of hydrogen-bond acceptors (Lipinski definition) is 5. The van der Waals surface area contributed by atoms with E-state index in [-0.39, 0.29) is 6.04 Å². The zero-order chi connectivity index (χ0) is 19.6. The first-order chi connectivity index (χ1) is 14.3. The summed E-state index contributed by atoms with van der Waals surface area (Å²) in [6.07, 6.45) is 11.5. The van der Waals surface area contributed by atoms with Gasteiger partial charge in [0.1, 0.15) is 0 Å². The van der Waals surface area contributed by atoms with E-state index in [4.69, 9.17) is 4.98 Å². The Bertz CT molecular complexity index is 1090. The second-order valence-corrected chi connectivity index (χ2v) is 7.67. The van der Waals surface area contributed by atoms with Gasteiger partial charge in [-0.3, -0.25) is 19.8 Å². The molecule has 0 spiro atoms. The van der Waals surface area contributed by atoms with Gasteiger partial charge >= 0.3 is 0 Å². The molecular weight excluding hydrogens is 360 g/mol. The third-order valence-electron chi connectivity index (χ3n) is 5.76. The molecule has 0 N–H and O–H groups in total. The van der Waals surface area contributed by atoms with Gasteiger partial charge in [-0.2, -0.15) is 0 Å². The van der Waals surface area contributed by atoms with Crippen LogP contribution in [0.2, 0.25) is 0 Å². The molecule has 0 amide bonds. The number of pyridine rings is 3. The van der Waals surface area contributed by atoms with Crippen LogP contribution in [-0.4, -0.2) is 55.8 Å². The van der Waals surface area contributed by atoms with E-state index >= 15 is 0 Å². The molecule has 146 valence electrons. The number of rotatable bonds is 4. The lowest BCUT2D eigenvalue weighted by atomic mass is 10.1. The molecular formula is C23H24N6. The molecule has 5 rings (SSSR count). The summed E-state index contributed by atoms with van der Waals surface area (Å²) in [4.78, 5) is 18.1. The first kappa shape index (κ1) is 18.0. The van der Waals surface area contributed by atoms with Gasteiger partial charge in [-0.15, -0.1) is 0 Å². The van der Waals surface area contributed by atoms with Crippen LogP contribution in [0.1, 0.15) is 17.3 Å². The molecule has 29 heavy (non-hydrogen) atoms. The Labute approximate surface area is 170 Å². The number of likely N-dealkylation sites (N-methyl/N-ethyl adjacent to an activating group) is 1. The minimum Gasteiger partial charge on any atom is -0.305 e. The summed E-state index contributed by atoms with van der Waals surface area (Å²) in [5, 5.41) is 0. The Morgan fingerprint density at radius 3 is 2.69 bits per heavy atom. The van der Waals surface area contributed by atoms with Gasteiger partial charge < -0.3 is 4.40 Å². The molecule has 1 aliphatic rings. The molecule has 0 radical (unpaired) electrons. The normalized spacial score (nSPS) is 18.3. The van der Waals surface area contributed by atoms with Gasteiger partial charge in [-0.25, -0.2) is 4.98 Å². The highest BCUT2D eigenvalue weighted by atomic mass is 15.3.